The molecular weight excluding hydrogens is 456 g/mol. The van der Waals surface area contributed by atoms with Gasteiger partial charge < -0.3 is 14.4 Å². The molecule has 0 radical (unpaired) electrons. The minimum atomic E-state index is -0.464. The van der Waals surface area contributed by atoms with Gasteiger partial charge in [-0.05, 0) is 25.7 Å². The fraction of sp³-hybridized carbons (Fsp3) is 0.238. The number of halogens is 1. The number of anilines is 1. The van der Waals surface area contributed by atoms with Gasteiger partial charge in [0.25, 0.3) is 11.6 Å². The van der Waals surface area contributed by atoms with Crippen LogP contribution in [0.1, 0.15) is 5.56 Å². The van der Waals surface area contributed by atoms with Crippen molar-refractivity contribution in [2.45, 2.75) is 0 Å². The summed E-state index contributed by atoms with van der Waals surface area (Å²) in [6.07, 6.45) is 2.98. The molecule has 3 aromatic rings. The summed E-state index contributed by atoms with van der Waals surface area (Å²) >= 11 is 1.40. The lowest BCUT2D eigenvalue weighted by atomic mass is 10.2. The van der Waals surface area contributed by atoms with E-state index in [1.807, 2.05) is 31.1 Å². The number of ether oxygens (including phenoxy) is 2. The number of carbonyl (C=O) groups is 1. The smallest absolute Gasteiger partial charge is 0.270 e. The van der Waals surface area contributed by atoms with E-state index in [2.05, 4.69) is 4.98 Å². The van der Waals surface area contributed by atoms with E-state index in [0.29, 0.717) is 35.3 Å². The number of carbonyl (C=O) groups excluding carboxylic acids is 1. The van der Waals surface area contributed by atoms with Crippen molar-refractivity contribution in [1.29, 1.82) is 0 Å². The lowest BCUT2D eigenvalue weighted by molar-refractivity contribution is -0.384. The zero-order valence-corrected chi connectivity index (χ0v) is 19.0. The zero-order valence-electron chi connectivity index (χ0n) is 17.4. The second kappa shape index (κ2) is 9.94. The summed E-state index contributed by atoms with van der Waals surface area (Å²) in [4.78, 5) is 31.7. The van der Waals surface area contributed by atoms with E-state index in [0.717, 1.165) is 10.2 Å². The van der Waals surface area contributed by atoms with Gasteiger partial charge in [0.2, 0.25) is 6.79 Å². The largest absolute Gasteiger partial charge is 0.454 e. The highest BCUT2D eigenvalue weighted by molar-refractivity contribution is 7.22. The first-order chi connectivity index (χ1) is 14.9. The van der Waals surface area contributed by atoms with Gasteiger partial charge in [-0.1, -0.05) is 23.5 Å². The molecule has 4 rings (SSSR count). The second-order valence-electron chi connectivity index (χ2n) is 7.15. The average molecular weight is 477 g/mol. The third-order valence-corrected chi connectivity index (χ3v) is 5.68. The summed E-state index contributed by atoms with van der Waals surface area (Å²) in [5.41, 5.74) is 1.28. The summed E-state index contributed by atoms with van der Waals surface area (Å²) in [5, 5.41) is 11.5. The van der Waals surface area contributed by atoms with Crippen LogP contribution in [0.5, 0.6) is 11.5 Å². The number of thiazole rings is 1. The van der Waals surface area contributed by atoms with Gasteiger partial charge in [-0.25, -0.2) is 4.98 Å². The predicted octanol–water partition coefficient (Wildman–Crippen LogP) is 3.96. The van der Waals surface area contributed by atoms with Crippen LogP contribution in [0, 0.1) is 10.1 Å². The van der Waals surface area contributed by atoms with Crippen molar-refractivity contribution in [2.24, 2.45) is 0 Å². The zero-order chi connectivity index (χ0) is 22.0. The third-order valence-electron chi connectivity index (χ3n) is 4.64. The van der Waals surface area contributed by atoms with Crippen molar-refractivity contribution in [1.82, 2.24) is 9.88 Å². The summed E-state index contributed by atoms with van der Waals surface area (Å²) in [7, 11) is 3.86. The molecule has 2 heterocycles. The lowest BCUT2D eigenvalue weighted by Gasteiger charge is -2.20. The molecule has 0 spiro atoms. The van der Waals surface area contributed by atoms with Crippen molar-refractivity contribution in [3.63, 3.8) is 0 Å². The Kier molecular flexibility index (Phi) is 7.29. The minimum absolute atomic E-state index is 0. The average Bonchev–Trinajstić information content (AvgIpc) is 3.36. The molecule has 0 fully saturated rings. The Morgan fingerprint density at radius 3 is 2.69 bits per heavy atom. The van der Waals surface area contributed by atoms with Crippen LogP contribution in [0.2, 0.25) is 0 Å². The topological polar surface area (TPSA) is 98.0 Å². The van der Waals surface area contributed by atoms with Crippen LogP contribution in [0.3, 0.4) is 0 Å². The molecule has 0 bridgehead atoms. The van der Waals surface area contributed by atoms with E-state index in [4.69, 9.17) is 9.47 Å². The van der Waals surface area contributed by atoms with Gasteiger partial charge in [-0.2, -0.15) is 0 Å². The number of hydrogen-bond donors (Lipinski definition) is 0. The number of hydrogen-bond acceptors (Lipinski definition) is 8. The standard InChI is InChI=1S/C21H20N4O5S.ClH/c1-23(2)8-9-24(20(26)7-6-14-4-3-5-15(10-14)25(27)28)21-22-16-11-17-18(30-13-29-17)12-19(16)31-21;/h3-7,10-12H,8-9,13H2,1-2H3;1H. The van der Waals surface area contributed by atoms with Gasteiger partial charge in [-0.15, -0.1) is 12.4 Å². The first kappa shape index (κ1) is 23.5. The van der Waals surface area contributed by atoms with Gasteiger partial charge in [0, 0.05) is 43.4 Å². The highest BCUT2D eigenvalue weighted by Crippen LogP contribution is 2.39. The van der Waals surface area contributed by atoms with Crippen LogP contribution >= 0.6 is 23.7 Å². The Hall–Kier alpha value is -3.21. The fourth-order valence-electron chi connectivity index (χ4n) is 3.02. The highest BCUT2D eigenvalue weighted by Gasteiger charge is 2.21. The van der Waals surface area contributed by atoms with Crippen LogP contribution in [0.25, 0.3) is 16.3 Å². The number of likely N-dealkylation sites (N-methyl/N-ethyl adjacent to an activating group) is 1. The Labute approximate surface area is 194 Å². The lowest BCUT2D eigenvalue weighted by Crippen LogP contribution is -2.35. The van der Waals surface area contributed by atoms with E-state index in [9.17, 15) is 14.9 Å². The quantitative estimate of drug-likeness (QED) is 0.289. The molecule has 11 heteroatoms. The van der Waals surface area contributed by atoms with Crippen LogP contribution in [0.4, 0.5) is 10.8 Å². The monoisotopic (exact) mass is 476 g/mol. The Morgan fingerprint density at radius 1 is 1.22 bits per heavy atom. The molecule has 0 saturated carbocycles. The number of benzene rings is 2. The molecule has 0 atom stereocenters. The molecule has 0 N–H and O–H groups in total. The molecule has 0 aliphatic carbocycles. The normalized spacial score (nSPS) is 12.3. The maximum Gasteiger partial charge on any atom is 0.270 e. The Balaban J connectivity index is 0.00000289. The van der Waals surface area contributed by atoms with Gasteiger partial charge in [0.1, 0.15) is 0 Å². The number of fused-ring (bicyclic) bond motifs is 2. The maximum absolute atomic E-state index is 13.0. The number of nitrogens with zero attached hydrogens (tertiary/aromatic N) is 4. The highest BCUT2D eigenvalue weighted by atomic mass is 35.5. The van der Waals surface area contributed by atoms with Crippen LogP contribution in [0.15, 0.2) is 42.5 Å². The van der Waals surface area contributed by atoms with E-state index in [1.54, 1.807) is 23.1 Å². The molecule has 168 valence electrons. The molecule has 1 amide bonds. The molecule has 0 unspecified atom stereocenters. The van der Waals surface area contributed by atoms with Crippen molar-refractivity contribution in [3.05, 3.63) is 58.2 Å². The van der Waals surface area contributed by atoms with Gasteiger partial charge >= 0.3 is 0 Å². The number of amides is 1. The van der Waals surface area contributed by atoms with E-state index < -0.39 is 4.92 Å². The molecule has 32 heavy (non-hydrogen) atoms. The third kappa shape index (κ3) is 5.16. The van der Waals surface area contributed by atoms with E-state index >= 15 is 0 Å². The van der Waals surface area contributed by atoms with Crippen molar-refractivity contribution in [3.8, 4) is 11.5 Å². The molecule has 1 aromatic heterocycles. The first-order valence-corrected chi connectivity index (χ1v) is 10.3. The van der Waals surface area contributed by atoms with Gasteiger partial charge in [0.05, 0.1) is 15.1 Å². The minimum Gasteiger partial charge on any atom is -0.454 e. The van der Waals surface area contributed by atoms with E-state index in [-0.39, 0.29) is 30.8 Å². The number of non-ortho nitro benzene ring substituents is 1. The van der Waals surface area contributed by atoms with Crippen molar-refractivity contribution >= 4 is 56.8 Å². The summed E-state index contributed by atoms with van der Waals surface area (Å²) in [6, 6.07) is 9.81. The molecule has 0 saturated heterocycles. The molecular formula is C21H21ClN4O5S. The SMILES string of the molecule is CN(C)CCN(C(=O)C=Cc1cccc([N+](=O)[O-])c1)c1nc2cc3c(cc2s1)OCO3.Cl. The summed E-state index contributed by atoms with van der Waals surface area (Å²) in [6.45, 7) is 1.28. The fourth-order valence-corrected chi connectivity index (χ4v) is 4.03. The van der Waals surface area contributed by atoms with Gasteiger partial charge in [0.15, 0.2) is 16.6 Å². The Morgan fingerprint density at radius 2 is 1.97 bits per heavy atom. The van der Waals surface area contributed by atoms with Crippen LogP contribution in [-0.2, 0) is 4.79 Å². The van der Waals surface area contributed by atoms with Crippen molar-refractivity contribution in [2.75, 3.05) is 38.9 Å². The van der Waals surface area contributed by atoms with Crippen molar-refractivity contribution < 1.29 is 19.2 Å². The van der Waals surface area contributed by atoms with E-state index in [1.165, 1.54) is 29.5 Å². The molecule has 2 aromatic carbocycles. The number of nitro groups is 1. The van der Waals surface area contributed by atoms with Gasteiger partial charge in [-0.3, -0.25) is 19.8 Å². The molecule has 9 nitrogen and oxygen atoms in total. The number of rotatable bonds is 7. The number of aromatic nitrogens is 1. The van der Waals surface area contributed by atoms with Crippen LogP contribution < -0.4 is 14.4 Å². The summed E-state index contributed by atoms with van der Waals surface area (Å²) < 4.78 is 11.7. The Bertz CT molecular complexity index is 1140. The molecule has 1 aliphatic rings. The number of nitro benzene ring substituents is 1. The van der Waals surface area contributed by atoms with Crippen LogP contribution in [-0.4, -0.2) is 54.7 Å². The maximum atomic E-state index is 13.0. The predicted molar refractivity (Wildman–Crippen MR) is 126 cm³/mol. The molecule has 1 aliphatic heterocycles. The second-order valence-corrected chi connectivity index (χ2v) is 8.16. The summed E-state index contributed by atoms with van der Waals surface area (Å²) in [5.74, 6) is 1.05. The first-order valence-electron chi connectivity index (χ1n) is 9.49.